The van der Waals surface area contributed by atoms with Crippen LogP contribution < -0.4 is 5.32 Å². The van der Waals surface area contributed by atoms with Crippen molar-refractivity contribution in [3.8, 4) is 6.07 Å². The Labute approximate surface area is 119 Å². The van der Waals surface area contributed by atoms with E-state index in [0.717, 1.165) is 14.8 Å². The fourth-order valence-corrected chi connectivity index (χ4v) is 2.15. The third-order valence-electron chi connectivity index (χ3n) is 2.51. The zero-order chi connectivity index (χ0) is 13.0. The van der Waals surface area contributed by atoms with Crippen molar-refractivity contribution in [2.45, 2.75) is 6.54 Å². The van der Waals surface area contributed by atoms with Gasteiger partial charge in [-0.05, 0) is 52.4 Å². The van der Waals surface area contributed by atoms with Crippen molar-refractivity contribution in [2.24, 2.45) is 0 Å². The summed E-state index contributed by atoms with van der Waals surface area (Å²) in [4.78, 5) is 0. The summed E-state index contributed by atoms with van der Waals surface area (Å²) >= 11 is 2.25. The second kappa shape index (κ2) is 5.83. The molecule has 2 nitrogen and oxygen atoms in total. The fourth-order valence-electron chi connectivity index (χ4n) is 1.57. The molecule has 1 N–H and O–H groups in total. The van der Waals surface area contributed by atoms with Crippen LogP contribution in [0.5, 0.6) is 0 Å². The highest BCUT2D eigenvalue weighted by atomic mass is 127. The maximum Gasteiger partial charge on any atom is 0.140 e. The number of benzene rings is 2. The van der Waals surface area contributed by atoms with Gasteiger partial charge in [-0.3, -0.25) is 0 Å². The van der Waals surface area contributed by atoms with Crippen LogP contribution in [-0.4, -0.2) is 0 Å². The monoisotopic (exact) mass is 352 g/mol. The van der Waals surface area contributed by atoms with Crippen molar-refractivity contribution >= 4 is 28.3 Å². The molecule has 18 heavy (non-hydrogen) atoms. The average Bonchev–Trinajstić information content (AvgIpc) is 2.39. The highest BCUT2D eigenvalue weighted by molar-refractivity contribution is 14.1. The van der Waals surface area contributed by atoms with Crippen molar-refractivity contribution in [2.75, 3.05) is 5.32 Å². The molecule has 0 fully saturated rings. The lowest BCUT2D eigenvalue weighted by atomic mass is 10.1. The predicted octanol–water partition coefficient (Wildman–Crippen LogP) is 3.91. The fraction of sp³-hybridized carbons (Fsp3) is 0.0714. The van der Waals surface area contributed by atoms with E-state index in [0.29, 0.717) is 6.54 Å². The first kappa shape index (κ1) is 12.8. The van der Waals surface area contributed by atoms with E-state index < -0.39 is 5.82 Å². The van der Waals surface area contributed by atoms with E-state index in [4.69, 9.17) is 5.26 Å². The number of hydrogen-bond acceptors (Lipinski definition) is 2. The Morgan fingerprint density at radius 3 is 2.72 bits per heavy atom. The number of para-hydroxylation sites is 1. The Hall–Kier alpha value is -1.61. The molecule has 0 amide bonds. The summed E-state index contributed by atoms with van der Waals surface area (Å²) in [7, 11) is 0. The quantitative estimate of drug-likeness (QED) is 0.851. The third kappa shape index (κ3) is 2.99. The summed E-state index contributed by atoms with van der Waals surface area (Å²) in [6, 6.07) is 14.3. The molecule has 0 aliphatic carbocycles. The van der Waals surface area contributed by atoms with Gasteiger partial charge in [0.05, 0.1) is 5.56 Å². The molecule has 0 aliphatic heterocycles. The predicted molar refractivity (Wildman–Crippen MR) is 77.6 cm³/mol. The Morgan fingerprint density at radius 2 is 2.00 bits per heavy atom. The summed E-state index contributed by atoms with van der Waals surface area (Å²) in [5.74, 6) is -0.476. The molecule has 0 spiro atoms. The molecule has 0 unspecified atom stereocenters. The minimum absolute atomic E-state index is 0.0806. The molecule has 0 bridgehead atoms. The smallest absolute Gasteiger partial charge is 0.140 e. The number of anilines is 1. The highest BCUT2D eigenvalue weighted by Crippen LogP contribution is 2.18. The lowest BCUT2D eigenvalue weighted by Gasteiger charge is -2.08. The van der Waals surface area contributed by atoms with E-state index in [2.05, 4.69) is 27.9 Å². The van der Waals surface area contributed by atoms with Crippen LogP contribution in [0.25, 0.3) is 0 Å². The van der Waals surface area contributed by atoms with Gasteiger partial charge in [-0.1, -0.05) is 18.2 Å². The first-order valence-corrected chi connectivity index (χ1v) is 6.45. The number of halogens is 2. The second-order valence-corrected chi connectivity index (χ2v) is 4.92. The second-order valence-electron chi connectivity index (χ2n) is 3.76. The Balaban J connectivity index is 2.12. The van der Waals surface area contributed by atoms with Crippen LogP contribution in [0, 0.1) is 20.7 Å². The third-order valence-corrected chi connectivity index (χ3v) is 3.45. The molecule has 0 heterocycles. The Bertz CT molecular complexity index is 605. The summed E-state index contributed by atoms with van der Waals surface area (Å²) in [6.07, 6.45) is 0. The van der Waals surface area contributed by atoms with Crippen molar-refractivity contribution in [1.82, 2.24) is 0 Å². The van der Waals surface area contributed by atoms with Crippen molar-refractivity contribution in [1.29, 1.82) is 5.26 Å². The highest BCUT2D eigenvalue weighted by Gasteiger charge is 2.03. The van der Waals surface area contributed by atoms with Crippen molar-refractivity contribution in [3.05, 3.63) is 63.0 Å². The minimum Gasteiger partial charge on any atom is -0.380 e. The van der Waals surface area contributed by atoms with Gasteiger partial charge in [0.2, 0.25) is 0 Å². The average molecular weight is 352 g/mol. The molecule has 4 heteroatoms. The van der Waals surface area contributed by atoms with Crippen LogP contribution >= 0.6 is 22.6 Å². The van der Waals surface area contributed by atoms with Gasteiger partial charge in [0.15, 0.2) is 0 Å². The summed E-state index contributed by atoms with van der Waals surface area (Å²) < 4.78 is 14.3. The van der Waals surface area contributed by atoms with Crippen LogP contribution in [-0.2, 0) is 6.54 Å². The summed E-state index contributed by atoms with van der Waals surface area (Å²) in [5, 5.41) is 12.0. The molecule has 2 rings (SSSR count). The van der Waals surface area contributed by atoms with E-state index in [1.165, 1.54) is 6.07 Å². The first-order chi connectivity index (χ1) is 8.70. The largest absolute Gasteiger partial charge is 0.380 e. The zero-order valence-corrected chi connectivity index (χ0v) is 11.6. The summed E-state index contributed by atoms with van der Waals surface area (Å²) in [6.45, 7) is 0.564. The number of rotatable bonds is 3. The van der Waals surface area contributed by atoms with E-state index in [-0.39, 0.29) is 5.56 Å². The van der Waals surface area contributed by atoms with Gasteiger partial charge in [0.1, 0.15) is 11.9 Å². The molecule has 0 aliphatic rings. The number of nitrogens with zero attached hydrogens (tertiary/aromatic N) is 1. The van der Waals surface area contributed by atoms with Gasteiger partial charge in [0, 0.05) is 15.8 Å². The van der Waals surface area contributed by atoms with Gasteiger partial charge in [-0.2, -0.15) is 5.26 Å². The first-order valence-electron chi connectivity index (χ1n) is 5.37. The van der Waals surface area contributed by atoms with Gasteiger partial charge < -0.3 is 5.32 Å². The van der Waals surface area contributed by atoms with Gasteiger partial charge in [0.25, 0.3) is 0 Å². The lowest BCUT2D eigenvalue weighted by molar-refractivity contribution is 0.623. The van der Waals surface area contributed by atoms with Crippen LogP contribution in [0.1, 0.15) is 11.1 Å². The van der Waals surface area contributed by atoms with Crippen LogP contribution in [0.2, 0.25) is 0 Å². The maximum atomic E-state index is 13.2. The van der Waals surface area contributed by atoms with Crippen LogP contribution in [0.3, 0.4) is 0 Å². The van der Waals surface area contributed by atoms with Crippen molar-refractivity contribution < 1.29 is 4.39 Å². The van der Waals surface area contributed by atoms with Gasteiger partial charge in [-0.15, -0.1) is 0 Å². The van der Waals surface area contributed by atoms with Crippen LogP contribution in [0.4, 0.5) is 10.1 Å². The van der Waals surface area contributed by atoms with Crippen molar-refractivity contribution in [3.63, 3.8) is 0 Å². The molecule has 0 saturated heterocycles. The van der Waals surface area contributed by atoms with Gasteiger partial charge >= 0.3 is 0 Å². The van der Waals surface area contributed by atoms with E-state index in [1.54, 1.807) is 12.1 Å². The molecule has 0 aromatic heterocycles. The minimum atomic E-state index is -0.476. The molecular formula is C14H10FIN2. The lowest BCUT2D eigenvalue weighted by Crippen LogP contribution is -2.01. The normalized spacial score (nSPS) is 9.83. The standard InChI is InChI=1S/C14H10FIN2/c15-12-6-5-10(7-11(12)8-17)9-18-14-4-2-1-3-13(14)16/h1-7,18H,9H2. The molecule has 0 saturated carbocycles. The topological polar surface area (TPSA) is 35.8 Å². The van der Waals surface area contributed by atoms with Gasteiger partial charge in [-0.25, -0.2) is 4.39 Å². The SMILES string of the molecule is N#Cc1cc(CNc2ccccc2I)ccc1F. The molecule has 0 radical (unpaired) electrons. The Kier molecular flexibility index (Phi) is 4.15. The molecule has 90 valence electrons. The number of nitriles is 1. The number of nitrogens with one attached hydrogen (secondary N) is 1. The van der Waals surface area contributed by atoms with Crippen LogP contribution in [0.15, 0.2) is 42.5 Å². The number of hydrogen-bond donors (Lipinski definition) is 1. The molecule has 0 atom stereocenters. The zero-order valence-electron chi connectivity index (χ0n) is 9.45. The molecule has 2 aromatic carbocycles. The van der Waals surface area contributed by atoms with E-state index >= 15 is 0 Å². The summed E-state index contributed by atoms with van der Waals surface area (Å²) in [5.41, 5.74) is 1.99. The molecular weight excluding hydrogens is 342 g/mol. The van der Waals surface area contributed by atoms with E-state index in [1.807, 2.05) is 30.3 Å². The Morgan fingerprint density at radius 1 is 1.22 bits per heavy atom. The maximum absolute atomic E-state index is 13.2. The van der Waals surface area contributed by atoms with E-state index in [9.17, 15) is 4.39 Å². The molecule has 2 aromatic rings.